The van der Waals surface area contributed by atoms with Crippen LogP contribution in [0.3, 0.4) is 0 Å². The summed E-state index contributed by atoms with van der Waals surface area (Å²) < 4.78 is 50.1. The number of fused-ring (bicyclic) bond motifs is 7. The quantitative estimate of drug-likeness (QED) is 0.0791. The monoisotopic (exact) mass is 959 g/mol. The summed E-state index contributed by atoms with van der Waals surface area (Å²) >= 11 is 0. The van der Waals surface area contributed by atoms with Gasteiger partial charge < -0.3 is 89.0 Å². The molecule has 8 fully saturated rings. The summed E-state index contributed by atoms with van der Waals surface area (Å²) in [6.07, 6.45) is -17.6. The number of ether oxygens (including phenoxy) is 8. The van der Waals surface area contributed by atoms with Crippen LogP contribution in [0.5, 0.6) is 0 Å². The zero-order chi connectivity index (χ0) is 49.1. The summed E-state index contributed by atoms with van der Waals surface area (Å²) in [4.78, 5) is 14.2. The van der Waals surface area contributed by atoms with Crippen molar-refractivity contribution in [2.24, 2.45) is 45.3 Å². The van der Waals surface area contributed by atoms with Crippen molar-refractivity contribution in [2.45, 2.75) is 223 Å². The van der Waals surface area contributed by atoms with Gasteiger partial charge in [0.15, 0.2) is 25.2 Å². The van der Waals surface area contributed by atoms with Crippen molar-refractivity contribution < 1.29 is 93.8 Å². The number of allylic oxidation sites excluding steroid dienone is 1. The number of aliphatic hydroxyl groups excluding tert-OH is 10. The van der Waals surface area contributed by atoms with Gasteiger partial charge >= 0.3 is 5.97 Å². The highest BCUT2D eigenvalue weighted by Crippen LogP contribution is 2.76. The molecule has 0 radical (unpaired) electrons. The molecule has 26 atom stereocenters. The number of aliphatic hydroxyl groups is 10. The Balaban J connectivity index is 1.05. The van der Waals surface area contributed by atoms with Crippen molar-refractivity contribution in [3.8, 4) is 0 Å². The van der Waals surface area contributed by atoms with Crippen LogP contribution in [0.1, 0.15) is 107 Å². The van der Waals surface area contributed by atoms with Gasteiger partial charge in [-0.05, 0) is 100 Å². The van der Waals surface area contributed by atoms with Crippen molar-refractivity contribution >= 4 is 5.97 Å². The molecule has 19 nitrogen and oxygen atoms in total. The first-order valence-corrected chi connectivity index (χ1v) is 24.4. The van der Waals surface area contributed by atoms with Gasteiger partial charge in [-0.1, -0.05) is 46.3 Å². The maximum absolute atomic E-state index is 14.2. The average molecular weight is 959 g/mol. The number of hydrogen-bond acceptors (Lipinski definition) is 19. The van der Waals surface area contributed by atoms with E-state index in [-0.39, 0.29) is 29.1 Å². The molecule has 3 aliphatic carbocycles. The van der Waals surface area contributed by atoms with Crippen molar-refractivity contribution in [2.75, 3.05) is 13.2 Å². The second kappa shape index (κ2) is 18.5. The number of rotatable bonds is 10. The fourth-order valence-electron chi connectivity index (χ4n) is 14.7. The molecule has 0 amide bonds. The van der Waals surface area contributed by atoms with E-state index < -0.39 is 152 Å². The summed E-state index contributed by atoms with van der Waals surface area (Å²) in [5.41, 5.74) is -2.38. The molecule has 5 heterocycles. The van der Waals surface area contributed by atoms with E-state index in [0.717, 1.165) is 18.4 Å². The van der Waals surface area contributed by atoms with Gasteiger partial charge in [-0.25, -0.2) is 0 Å². The minimum atomic E-state index is -1.68. The molecule has 19 heteroatoms. The molecule has 3 saturated carbocycles. The predicted octanol–water partition coefficient (Wildman–Crippen LogP) is 0.128. The number of hydrogen-bond donors (Lipinski definition) is 10. The third-order valence-electron chi connectivity index (χ3n) is 18.8. The summed E-state index contributed by atoms with van der Waals surface area (Å²) in [5.74, 6) is -1.16. The Kier molecular flexibility index (Phi) is 14.4. The number of carbonyl (C=O) groups is 1. The van der Waals surface area contributed by atoms with Gasteiger partial charge in [-0.15, -0.1) is 0 Å². The maximum atomic E-state index is 14.2. The third kappa shape index (κ3) is 8.19. The molecule has 8 rings (SSSR count). The summed E-state index contributed by atoms with van der Waals surface area (Å²) in [6.45, 7) is 17.3. The van der Waals surface area contributed by atoms with Crippen LogP contribution in [0, 0.1) is 45.3 Å². The van der Waals surface area contributed by atoms with Crippen LogP contribution in [0.25, 0.3) is 0 Å². The van der Waals surface area contributed by atoms with E-state index in [4.69, 9.17) is 37.9 Å². The topological polar surface area (TPSA) is 293 Å². The average Bonchev–Trinajstić information content (AvgIpc) is 3.52. The second-order valence-electron chi connectivity index (χ2n) is 22.9. The van der Waals surface area contributed by atoms with E-state index in [9.17, 15) is 55.9 Å². The molecule has 67 heavy (non-hydrogen) atoms. The highest BCUT2D eigenvalue weighted by molar-refractivity contribution is 5.78. The van der Waals surface area contributed by atoms with Crippen LogP contribution in [-0.4, -0.2) is 186 Å². The van der Waals surface area contributed by atoms with Crippen molar-refractivity contribution in [1.82, 2.24) is 0 Å². The number of cyclic esters (lactones) is 1. The standard InChI is InChI=1S/C48H78O19/c1-20(2)10-13-28-48(9)29(39(59)64-28)22-11-12-26-45(6)16-15-27(65-41-37(57)35(55)32(52)24(63-41)19-60-40-36(56)33(53)30(50)21(3)61-40)44(4,5)25(45)14-17-46(26,7)47(22,8)43(67-48)66-42-38(58)34(54)31(51)23(18-49)62-42/h10,21-38,40-43,49-58H,11-19H2,1-9H3/t21-,22+,23+,24+,25?,26?,27-,28+,29+,30-,31+,32+,33+,34-,35-,36+,37+,38+,40+,41-,42-,43-,45-,46+,47-,48-/m0/s1. The molecule has 2 unspecified atom stereocenters. The van der Waals surface area contributed by atoms with Crippen LogP contribution < -0.4 is 0 Å². The number of carbonyl (C=O) groups excluding carboxylic acids is 1. The smallest absolute Gasteiger partial charge is 0.312 e. The van der Waals surface area contributed by atoms with Gasteiger partial charge in [0.1, 0.15) is 78.8 Å². The zero-order valence-corrected chi connectivity index (χ0v) is 40.3. The van der Waals surface area contributed by atoms with E-state index in [0.29, 0.717) is 32.1 Å². The molecule has 0 aromatic heterocycles. The Bertz CT molecular complexity index is 1810. The lowest BCUT2D eigenvalue weighted by atomic mass is 9.34. The second-order valence-corrected chi connectivity index (χ2v) is 22.9. The lowest BCUT2D eigenvalue weighted by Gasteiger charge is -2.73. The lowest BCUT2D eigenvalue weighted by Crippen LogP contribution is -2.73. The molecule has 5 aliphatic heterocycles. The lowest BCUT2D eigenvalue weighted by molar-refractivity contribution is -0.416. The first kappa shape index (κ1) is 51.9. The first-order chi connectivity index (χ1) is 31.3. The summed E-state index contributed by atoms with van der Waals surface area (Å²) in [5, 5.41) is 107. The minimum absolute atomic E-state index is 0.0442. The molecule has 0 spiro atoms. The SMILES string of the molecule is CC(C)=CC[C@H]1OC(=O)[C@H]2[C@H]3CCC4[C@@]5(C)CC[C@H](O[C@@H]6O[C@H](CO[C@@H]7O[C@@H](C)[C@H](O)[C@@H](O)[C@H]7O)[C@@H](O)[C@H](O)[C@H]6O)C(C)(C)C5CC[C@@]4(C)[C@]3(C)[C@@H](O[C@@H]3O[C@H](CO)[C@@H](O)[C@H](O)[C@H]3O)O[C@@]12C. The van der Waals surface area contributed by atoms with E-state index in [2.05, 4.69) is 34.6 Å². The summed E-state index contributed by atoms with van der Waals surface area (Å²) in [6, 6.07) is 0. The molecule has 0 aromatic carbocycles. The van der Waals surface area contributed by atoms with E-state index in [1.54, 1.807) is 0 Å². The van der Waals surface area contributed by atoms with E-state index in [1.165, 1.54) is 6.92 Å². The Morgan fingerprint density at radius 2 is 1.28 bits per heavy atom. The highest BCUT2D eigenvalue weighted by atomic mass is 16.8. The molecule has 5 saturated heterocycles. The Morgan fingerprint density at radius 1 is 0.687 bits per heavy atom. The van der Waals surface area contributed by atoms with E-state index >= 15 is 0 Å². The largest absolute Gasteiger partial charge is 0.459 e. The third-order valence-corrected chi connectivity index (χ3v) is 18.8. The molecule has 10 N–H and O–H groups in total. The maximum Gasteiger partial charge on any atom is 0.312 e. The van der Waals surface area contributed by atoms with Gasteiger partial charge in [0.2, 0.25) is 0 Å². The van der Waals surface area contributed by atoms with Gasteiger partial charge in [0, 0.05) is 11.8 Å². The van der Waals surface area contributed by atoms with Crippen molar-refractivity contribution in [3.63, 3.8) is 0 Å². The Hall–Kier alpha value is -1.47. The molecule has 0 aromatic rings. The Morgan fingerprint density at radius 3 is 1.93 bits per heavy atom. The number of esters is 1. The molecular weight excluding hydrogens is 881 g/mol. The molecule has 384 valence electrons. The van der Waals surface area contributed by atoms with Crippen LogP contribution in [0.2, 0.25) is 0 Å². The Labute approximate surface area is 392 Å². The van der Waals surface area contributed by atoms with E-state index in [1.807, 2.05) is 26.8 Å². The molecule has 8 aliphatic rings. The van der Waals surface area contributed by atoms with Gasteiger partial charge in [-0.3, -0.25) is 4.79 Å². The van der Waals surface area contributed by atoms with Crippen LogP contribution in [0.4, 0.5) is 0 Å². The molecule has 0 bridgehead atoms. The normalized spacial score (nSPS) is 55.1. The highest BCUT2D eigenvalue weighted by Gasteiger charge is 2.76. The van der Waals surface area contributed by atoms with Crippen LogP contribution >= 0.6 is 0 Å². The first-order valence-electron chi connectivity index (χ1n) is 24.4. The van der Waals surface area contributed by atoms with Gasteiger partial charge in [0.25, 0.3) is 0 Å². The fourth-order valence-corrected chi connectivity index (χ4v) is 14.7. The fraction of sp³-hybridized carbons (Fsp3) is 0.938. The van der Waals surface area contributed by atoms with Gasteiger partial charge in [0.05, 0.1) is 31.3 Å². The van der Waals surface area contributed by atoms with Crippen molar-refractivity contribution in [3.05, 3.63) is 11.6 Å². The van der Waals surface area contributed by atoms with Crippen LogP contribution in [-0.2, 0) is 42.7 Å². The molecular formula is C48H78O19. The van der Waals surface area contributed by atoms with Crippen molar-refractivity contribution in [1.29, 1.82) is 0 Å². The van der Waals surface area contributed by atoms with Crippen LogP contribution in [0.15, 0.2) is 11.6 Å². The predicted molar refractivity (Wildman–Crippen MR) is 232 cm³/mol. The zero-order valence-electron chi connectivity index (χ0n) is 40.3. The summed E-state index contributed by atoms with van der Waals surface area (Å²) in [7, 11) is 0. The van der Waals surface area contributed by atoms with Gasteiger partial charge in [-0.2, -0.15) is 0 Å². The minimum Gasteiger partial charge on any atom is -0.459 e.